The fraction of sp³-hybridized carbons (Fsp3) is 0.636. The number of halogens is 3. The lowest BCUT2D eigenvalue weighted by molar-refractivity contribution is -0.143. The van der Waals surface area contributed by atoms with E-state index in [1.54, 1.807) is 13.8 Å². The third-order valence-electron chi connectivity index (χ3n) is 3.01. The first-order valence-electron chi connectivity index (χ1n) is 5.64. The summed E-state index contributed by atoms with van der Waals surface area (Å²) in [6.07, 6.45) is -4.48. The van der Waals surface area contributed by atoms with Crippen molar-refractivity contribution in [2.24, 2.45) is 0 Å². The first-order valence-corrected chi connectivity index (χ1v) is 5.64. The summed E-state index contributed by atoms with van der Waals surface area (Å²) in [6, 6.07) is -0.165. The molecule has 1 aromatic heterocycles. The van der Waals surface area contributed by atoms with Crippen LogP contribution in [0, 0.1) is 0 Å². The molecule has 2 rings (SSSR count). The molecular weight excluding hydrogens is 247 g/mol. The SMILES string of the molecule is CC(=O)N1Cc2c(C(F)(F)F)nn(C(C)C)c2C1. The fourth-order valence-corrected chi connectivity index (χ4v) is 2.14. The van der Waals surface area contributed by atoms with Crippen LogP contribution in [0.3, 0.4) is 0 Å². The number of rotatable bonds is 1. The van der Waals surface area contributed by atoms with Gasteiger partial charge in [-0.25, -0.2) is 0 Å². The van der Waals surface area contributed by atoms with Crippen molar-refractivity contribution in [1.29, 1.82) is 0 Å². The van der Waals surface area contributed by atoms with Gasteiger partial charge in [-0.15, -0.1) is 0 Å². The monoisotopic (exact) mass is 261 g/mol. The summed E-state index contributed by atoms with van der Waals surface area (Å²) in [5, 5.41) is 3.65. The van der Waals surface area contributed by atoms with E-state index in [-0.39, 0.29) is 30.6 Å². The highest BCUT2D eigenvalue weighted by atomic mass is 19.4. The molecule has 0 atom stereocenters. The van der Waals surface area contributed by atoms with Crippen LogP contribution in [-0.2, 0) is 24.1 Å². The van der Waals surface area contributed by atoms with E-state index in [1.165, 1.54) is 16.5 Å². The van der Waals surface area contributed by atoms with Gasteiger partial charge in [-0.1, -0.05) is 0 Å². The van der Waals surface area contributed by atoms with Gasteiger partial charge in [0.15, 0.2) is 5.69 Å². The van der Waals surface area contributed by atoms with E-state index < -0.39 is 11.9 Å². The first-order chi connectivity index (χ1) is 8.21. The van der Waals surface area contributed by atoms with Crippen LogP contribution in [0.2, 0.25) is 0 Å². The van der Waals surface area contributed by atoms with Gasteiger partial charge in [-0.3, -0.25) is 9.48 Å². The quantitative estimate of drug-likeness (QED) is 0.778. The molecule has 0 spiro atoms. The van der Waals surface area contributed by atoms with Crippen molar-refractivity contribution < 1.29 is 18.0 Å². The van der Waals surface area contributed by atoms with Crippen molar-refractivity contribution in [3.05, 3.63) is 17.0 Å². The van der Waals surface area contributed by atoms with Gasteiger partial charge >= 0.3 is 6.18 Å². The molecule has 7 heteroatoms. The van der Waals surface area contributed by atoms with Crippen LogP contribution < -0.4 is 0 Å². The highest BCUT2D eigenvalue weighted by Gasteiger charge is 2.42. The first kappa shape index (κ1) is 12.9. The van der Waals surface area contributed by atoms with Crippen molar-refractivity contribution in [1.82, 2.24) is 14.7 Å². The van der Waals surface area contributed by atoms with E-state index in [2.05, 4.69) is 5.10 Å². The molecule has 0 N–H and O–H groups in total. The minimum Gasteiger partial charge on any atom is -0.333 e. The van der Waals surface area contributed by atoms with Gasteiger partial charge in [-0.05, 0) is 13.8 Å². The number of alkyl halides is 3. The average Bonchev–Trinajstić information content (AvgIpc) is 2.70. The number of fused-ring (bicyclic) bond motifs is 1. The van der Waals surface area contributed by atoms with Crippen molar-refractivity contribution >= 4 is 5.91 Å². The Morgan fingerprint density at radius 2 is 1.94 bits per heavy atom. The van der Waals surface area contributed by atoms with E-state index in [0.29, 0.717) is 5.69 Å². The lowest BCUT2D eigenvalue weighted by Gasteiger charge is -2.15. The number of amides is 1. The van der Waals surface area contributed by atoms with Gasteiger partial charge in [-0.2, -0.15) is 18.3 Å². The largest absolute Gasteiger partial charge is 0.435 e. The van der Waals surface area contributed by atoms with Gasteiger partial charge in [0.1, 0.15) is 0 Å². The topological polar surface area (TPSA) is 38.1 Å². The van der Waals surface area contributed by atoms with Gasteiger partial charge in [0.05, 0.1) is 18.8 Å². The van der Waals surface area contributed by atoms with Crippen LogP contribution in [0.5, 0.6) is 0 Å². The molecule has 1 aliphatic heterocycles. The fourth-order valence-electron chi connectivity index (χ4n) is 2.14. The highest BCUT2D eigenvalue weighted by Crippen LogP contribution is 2.37. The lowest BCUT2D eigenvalue weighted by Crippen LogP contribution is -2.24. The number of hydrogen-bond donors (Lipinski definition) is 0. The minimum atomic E-state index is -4.48. The Labute approximate surface area is 102 Å². The normalized spacial score (nSPS) is 15.4. The summed E-state index contributed by atoms with van der Waals surface area (Å²) in [5.41, 5.74) is -0.242. The molecule has 0 aliphatic carbocycles. The van der Waals surface area contributed by atoms with Gasteiger partial charge in [0.2, 0.25) is 5.91 Å². The molecule has 1 amide bonds. The van der Waals surface area contributed by atoms with Crippen molar-refractivity contribution in [3.63, 3.8) is 0 Å². The van der Waals surface area contributed by atoms with Crippen LogP contribution >= 0.6 is 0 Å². The van der Waals surface area contributed by atoms with E-state index in [0.717, 1.165) is 0 Å². The molecular formula is C11H14F3N3O. The molecule has 2 heterocycles. The zero-order valence-electron chi connectivity index (χ0n) is 10.4. The lowest BCUT2D eigenvalue weighted by atomic mass is 10.2. The molecule has 18 heavy (non-hydrogen) atoms. The third-order valence-corrected chi connectivity index (χ3v) is 3.01. The Bertz CT molecular complexity index is 490. The third kappa shape index (κ3) is 1.97. The number of aromatic nitrogens is 2. The molecule has 1 aliphatic rings. The number of nitrogens with zero attached hydrogens (tertiary/aromatic N) is 3. The maximum Gasteiger partial charge on any atom is 0.435 e. The predicted molar refractivity (Wildman–Crippen MR) is 57.5 cm³/mol. The standard InChI is InChI=1S/C11H14F3N3O/c1-6(2)17-9-5-16(7(3)18)4-8(9)10(15-17)11(12,13)14/h6H,4-5H2,1-3H3. The van der Waals surface area contributed by atoms with E-state index in [1.807, 2.05) is 0 Å². The van der Waals surface area contributed by atoms with E-state index in [9.17, 15) is 18.0 Å². The van der Waals surface area contributed by atoms with Crippen LogP contribution in [-0.4, -0.2) is 20.6 Å². The summed E-state index contributed by atoms with van der Waals surface area (Å²) in [6.45, 7) is 5.08. The molecule has 0 saturated carbocycles. The van der Waals surface area contributed by atoms with Gasteiger partial charge in [0, 0.05) is 18.5 Å². The predicted octanol–water partition coefficient (Wildman–Crippen LogP) is 2.34. The van der Waals surface area contributed by atoms with Crippen molar-refractivity contribution in [3.8, 4) is 0 Å². The summed E-state index contributed by atoms with van der Waals surface area (Å²) in [5.74, 6) is -0.227. The zero-order chi connectivity index (χ0) is 13.7. The van der Waals surface area contributed by atoms with Crippen molar-refractivity contribution in [2.45, 2.75) is 46.1 Å². The number of carbonyl (C=O) groups is 1. The summed E-state index contributed by atoms with van der Waals surface area (Å²) in [4.78, 5) is 12.7. The second-order valence-electron chi connectivity index (χ2n) is 4.69. The van der Waals surface area contributed by atoms with Crippen LogP contribution in [0.1, 0.15) is 43.8 Å². The van der Waals surface area contributed by atoms with Gasteiger partial charge < -0.3 is 4.90 Å². The Kier molecular flexibility index (Phi) is 2.87. The molecule has 100 valence electrons. The van der Waals surface area contributed by atoms with Crippen LogP contribution in [0.4, 0.5) is 13.2 Å². The summed E-state index contributed by atoms with van der Waals surface area (Å²) < 4.78 is 40.0. The smallest absolute Gasteiger partial charge is 0.333 e. The van der Waals surface area contributed by atoms with E-state index in [4.69, 9.17) is 0 Å². The summed E-state index contributed by atoms with van der Waals surface area (Å²) in [7, 11) is 0. The molecule has 0 saturated heterocycles. The molecule has 1 aromatic rings. The number of carbonyl (C=O) groups excluding carboxylic acids is 1. The molecule has 0 fully saturated rings. The van der Waals surface area contributed by atoms with Crippen LogP contribution in [0.25, 0.3) is 0 Å². The van der Waals surface area contributed by atoms with Crippen LogP contribution in [0.15, 0.2) is 0 Å². The summed E-state index contributed by atoms with van der Waals surface area (Å²) >= 11 is 0. The molecule has 0 aromatic carbocycles. The maximum atomic E-state index is 12.9. The minimum absolute atomic E-state index is 0.00771. The maximum absolute atomic E-state index is 12.9. The second kappa shape index (κ2) is 4.00. The highest BCUT2D eigenvalue weighted by molar-refractivity contribution is 5.74. The second-order valence-corrected chi connectivity index (χ2v) is 4.69. The Balaban J connectivity index is 2.50. The van der Waals surface area contributed by atoms with Crippen molar-refractivity contribution in [2.75, 3.05) is 0 Å². The Hall–Kier alpha value is -1.53. The number of hydrogen-bond acceptors (Lipinski definition) is 2. The molecule has 0 unspecified atom stereocenters. The molecule has 0 radical (unpaired) electrons. The molecule has 0 bridgehead atoms. The Morgan fingerprint density at radius 3 is 2.39 bits per heavy atom. The average molecular weight is 261 g/mol. The van der Waals surface area contributed by atoms with E-state index >= 15 is 0 Å². The van der Waals surface area contributed by atoms with Gasteiger partial charge in [0.25, 0.3) is 0 Å². The zero-order valence-corrected chi connectivity index (χ0v) is 10.4. The Morgan fingerprint density at radius 1 is 1.33 bits per heavy atom. The molecule has 4 nitrogen and oxygen atoms in total.